The number of carbonyl (C=O) groups excluding carboxylic acids is 1. The minimum atomic E-state index is -0.181. The molecule has 0 unspecified atom stereocenters. The number of hydrogen-bond acceptors (Lipinski definition) is 6. The highest BCUT2D eigenvalue weighted by Gasteiger charge is 2.12. The molecule has 8 heteroatoms. The Kier molecular flexibility index (Phi) is 3.58. The van der Waals surface area contributed by atoms with Crippen molar-refractivity contribution in [3.8, 4) is 0 Å². The van der Waals surface area contributed by atoms with E-state index in [0.717, 1.165) is 17.1 Å². The lowest BCUT2D eigenvalue weighted by Gasteiger charge is -1.99. The van der Waals surface area contributed by atoms with E-state index in [2.05, 4.69) is 25.5 Å². The van der Waals surface area contributed by atoms with Gasteiger partial charge in [-0.2, -0.15) is 4.98 Å². The summed E-state index contributed by atoms with van der Waals surface area (Å²) in [6.07, 6.45) is 0.0922. The summed E-state index contributed by atoms with van der Waals surface area (Å²) in [7, 11) is 0. The van der Waals surface area contributed by atoms with Crippen LogP contribution in [0.15, 0.2) is 16.7 Å². The summed E-state index contributed by atoms with van der Waals surface area (Å²) in [5, 5.41) is 10.8. The van der Waals surface area contributed by atoms with Gasteiger partial charge < -0.3 is 9.84 Å². The number of aromatic nitrogens is 5. The first-order valence-electron chi connectivity index (χ1n) is 6.90. The van der Waals surface area contributed by atoms with Gasteiger partial charge in [-0.05, 0) is 26.8 Å². The van der Waals surface area contributed by atoms with Crippen molar-refractivity contribution in [3.63, 3.8) is 0 Å². The Hall–Kier alpha value is -2.77. The zero-order valence-electron chi connectivity index (χ0n) is 12.6. The average molecular weight is 300 g/mol. The minimum Gasteiger partial charge on any atom is -0.359 e. The number of amides is 1. The van der Waals surface area contributed by atoms with Gasteiger partial charge in [-0.1, -0.05) is 5.16 Å². The lowest BCUT2D eigenvalue weighted by atomic mass is 10.3. The van der Waals surface area contributed by atoms with E-state index >= 15 is 0 Å². The van der Waals surface area contributed by atoms with E-state index in [1.807, 2.05) is 26.8 Å². The van der Waals surface area contributed by atoms with Gasteiger partial charge in [-0.15, -0.1) is 5.10 Å². The molecular weight excluding hydrogens is 284 g/mol. The van der Waals surface area contributed by atoms with Crippen LogP contribution in [-0.2, 0) is 17.8 Å². The monoisotopic (exact) mass is 300 g/mol. The van der Waals surface area contributed by atoms with Gasteiger partial charge in [0.05, 0.1) is 18.7 Å². The summed E-state index contributed by atoms with van der Waals surface area (Å²) in [6.45, 7) is 5.94. The lowest BCUT2D eigenvalue weighted by molar-refractivity contribution is -0.120. The fourth-order valence-corrected chi connectivity index (χ4v) is 2.17. The molecule has 0 saturated heterocycles. The fraction of sp³-hybridized carbons (Fsp3) is 0.357. The second-order valence-electron chi connectivity index (χ2n) is 5.17. The molecule has 0 aliphatic carbocycles. The molecule has 22 heavy (non-hydrogen) atoms. The number of nitrogens with zero attached hydrogens (tertiary/aromatic N) is 5. The first-order valence-corrected chi connectivity index (χ1v) is 6.90. The molecule has 0 aromatic carbocycles. The summed E-state index contributed by atoms with van der Waals surface area (Å²) in [4.78, 5) is 20.5. The van der Waals surface area contributed by atoms with E-state index in [0.29, 0.717) is 23.9 Å². The third kappa shape index (κ3) is 2.95. The molecule has 0 saturated carbocycles. The van der Waals surface area contributed by atoms with Crippen LogP contribution < -0.4 is 5.32 Å². The predicted molar refractivity (Wildman–Crippen MR) is 77.0 cm³/mol. The van der Waals surface area contributed by atoms with Gasteiger partial charge in [0.15, 0.2) is 11.6 Å². The number of nitrogens with one attached hydrogen (secondary N) is 1. The van der Waals surface area contributed by atoms with Crippen LogP contribution >= 0.6 is 0 Å². The van der Waals surface area contributed by atoms with Crippen LogP contribution in [0.5, 0.6) is 0 Å². The molecule has 1 N–H and O–H groups in total. The van der Waals surface area contributed by atoms with E-state index in [1.54, 1.807) is 10.6 Å². The number of carbonyl (C=O) groups is 1. The Labute approximate surface area is 126 Å². The van der Waals surface area contributed by atoms with Gasteiger partial charge in [0, 0.05) is 17.5 Å². The molecule has 0 fully saturated rings. The topological polar surface area (TPSA) is 98.2 Å². The zero-order chi connectivity index (χ0) is 15.7. The summed E-state index contributed by atoms with van der Waals surface area (Å²) in [6, 6.07) is 3.69. The number of rotatable bonds is 4. The normalized spacial score (nSPS) is 11.0. The molecule has 3 aromatic rings. The van der Waals surface area contributed by atoms with Crippen LogP contribution in [0, 0.1) is 20.8 Å². The summed E-state index contributed by atoms with van der Waals surface area (Å²) >= 11 is 0. The van der Waals surface area contributed by atoms with Crippen molar-refractivity contribution in [2.24, 2.45) is 0 Å². The fourth-order valence-electron chi connectivity index (χ4n) is 2.17. The molecule has 3 aromatic heterocycles. The summed E-state index contributed by atoms with van der Waals surface area (Å²) in [5.41, 5.74) is 2.58. The Morgan fingerprint density at radius 2 is 2.05 bits per heavy atom. The first kappa shape index (κ1) is 14.2. The average Bonchev–Trinajstić information content (AvgIpc) is 3.02. The van der Waals surface area contributed by atoms with Crippen molar-refractivity contribution in [1.29, 1.82) is 0 Å². The van der Waals surface area contributed by atoms with Gasteiger partial charge in [0.1, 0.15) is 0 Å². The van der Waals surface area contributed by atoms with Crippen LogP contribution in [0.2, 0.25) is 0 Å². The minimum absolute atomic E-state index is 0.0922. The number of aryl methyl sites for hydroxylation is 3. The van der Waals surface area contributed by atoms with Crippen LogP contribution in [0.25, 0.3) is 5.78 Å². The van der Waals surface area contributed by atoms with Crippen molar-refractivity contribution < 1.29 is 9.32 Å². The lowest BCUT2D eigenvalue weighted by Crippen LogP contribution is -2.24. The third-order valence-electron chi connectivity index (χ3n) is 3.12. The van der Waals surface area contributed by atoms with Gasteiger partial charge in [-0.25, -0.2) is 9.50 Å². The molecule has 114 valence electrons. The molecule has 0 aliphatic heterocycles. The molecule has 0 bridgehead atoms. The molecular formula is C14H16N6O2. The molecule has 0 spiro atoms. The zero-order valence-corrected chi connectivity index (χ0v) is 12.6. The molecule has 3 heterocycles. The first-order chi connectivity index (χ1) is 10.5. The third-order valence-corrected chi connectivity index (χ3v) is 3.12. The van der Waals surface area contributed by atoms with Gasteiger partial charge in [-0.3, -0.25) is 4.79 Å². The molecule has 1 amide bonds. The molecule has 0 radical (unpaired) electrons. The van der Waals surface area contributed by atoms with Crippen molar-refractivity contribution in [3.05, 3.63) is 40.8 Å². The van der Waals surface area contributed by atoms with Crippen LogP contribution in [0.4, 0.5) is 0 Å². The maximum absolute atomic E-state index is 11.9. The highest BCUT2D eigenvalue weighted by Crippen LogP contribution is 2.06. The van der Waals surface area contributed by atoms with Gasteiger partial charge >= 0.3 is 0 Å². The van der Waals surface area contributed by atoms with E-state index in [1.165, 1.54) is 0 Å². The van der Waals surface area contributed by atoms with Crippen molar-refractivity contribution in [2.75, 3.05) is 0 Å². The van der Waals surface area contributed by atoms with Gasteiger partial charge in [0.2, 0.25) is 5.91 Å². The van der Waals surface area contributed by atoms with Crippen molar-refractivity contribution >= 4 is 11.7 Å². The predicted octanol–water partition coefficient (Wildman–Crippen LogP) is 0.896. The van der Waals surface area contributed by atoms with E-state index in [9.17, 15) is 4.79 Å². The van der Waals surface area contributed by atoms with Gasteiger partial charge in [0.25, 0.3) is 5.78 Å². The smallest absolute Gasteiger partial charge is 0.252 e. The molecule has 0 aliphatic rings. The van der Waals surface area contributed by atoms with Crippen molar-refractivity contribution in [1.82, 2.24) is 30.1 Å². The Morgan fingerprint density at radius 3 is 2.77 bits per heavy atom. The maximum Gasteiger partial charge on any atom is 0.252 e. The summed E-state index contributed by atoms with van der Waals surface area (Å²) < 4.78 is 6.67. The Bertz CT molecular complexity index is 835. The largest absolute Gasteiger partial charge is 0.359 e. The quantitative estimate of drug-likeness (QED) is 0.768. The second-order valence-corrected chi connectivity index (χ2v) is 5.17. The van der Waals surface area contributed by atoms with Crippen LogP contribution in [-0.4, -0.2) is 30.6 Å². The van der Waals surface area contributed by atoms with Crippen LogP contribution in [0.1, 0.15) is 28.7 Å². The SMILES string of the molecule is Cc1cc(CNC(=O)Cc2nc3nc(C)cc(C)n3n2)on1. The van der Waals surface area contributed by atoms with E-state index in [-0.39, 0.29) is 12.3 Å². The highest BCUT2D eigenvalue weighted by molar-refractivity contribution is 5.77. The van der Waals surface area contributed by atoms with E-state index < -0.39 is 0 Å². The second kappa shape index (κ2) is 5.55. The number of fused-ring (bicyclic) bond motifs is 1. The highest BCUT2D eigenvalue weighted by atomic mass is 16.5. The molecule has 0 atom stereocenters. The van der Waals surface area contributed by atoms with Crippen molar-refractivity contribution in [2.45, 2.75) is 33.7 Å². The number of hydrogen-bond donors (Lipinski definition) is 1. The summed E-state index contributed by atoms with van der Waals surface area (Å²) in [5.74, 6) is 1.37. The Morgan fingerprint density at radius 1 is 1.23 bits per heavy atom. The standard InChI is InChI=1S/C14H16N6O2/c1-8-4-10(3)20-14(16-8)17-12(18-20)6-13(21)15-7-11-5-9(2)19-22-11/h4-5H,6-7H2,1-3H3,(H,15,21). The molecule has 3 rings (SSSR count). The van der Waals surface area contributed by atoms with Crippen LogP contribution in [0.3, 0.4) is 0 Å². The van der Waals surface area contributed by atoms with E-state index in [4.69, 9.17) is 4.52 Å². The Balaban J connectivity index is 1.67. The molecule has 8 nitrogen and oxygen atoms in total. The maximum atomic E-state index is 11.9.